The highest BCUT2D eigenvalue weighted by Gasteiger charge is 2.14. The lowest BCUT2D eigenvalue weighted by atomic mass is 10.2. The van der Waals surface area contributed by atoms with Crippen molar-refractivity contribution in [1.82, 2.24) is 0 Å². The zero-order valence-electron chi connectivity index (χ0n) is 14.1. The topological polar surface area (TPSA) is 81.8 Å². The monoisotopic (exact) mass is 351 g/mol. The Morgan fingerprint density at radius 1 is 1.00 bits per heavy atom. The molecule has 0 unspecified atom stereocenters. The highest BCUT2D eigenvalue weighted by molar-refractivity contribution is 5.51. The standard InChI is InChI=1S/C20H17NO5/c1-14-7-8-17(12-20(14)25-13-15-5-3-2-4-6-15)26-16-9-10-18(21(23)24)19(22)11-16/h2-12,22H,13H2,1H3. The van der Waals surface area contributed by atoms with Crippen LogP contribution in [0.1, 0.15) is 11.1 Å². The van der Waals surface area contributed by atoms with Gasteiger partial charge in [-0.1, -0.05) is 36.4 Å². The van der Waals surface area contributed by atoms with Gasteiger partial charge < -0.3 is 14.6 Å². The van der Waals surface area contributed by atoms with Crippen LogP contribution < -0.4 is 9.47 Å². The molecule has 0 aliphatic carbocycles. The molecular formula is C20H17NO5. The van der Waals surface area contributed by atoms with E-state index in [0.717, 1.165) is 11.1 Å². The van der Waals surface area contributed by atoms with Crippen LogP contribution in [0.15, 0.2) is 66.7 Å². The number of benzene rings is 3. The average molecular weight is 351 g/mol. The Kier molecular flexibility index (Phi) is 5.03. The average Bonchev–Trinajstić information content (AvgIpc) is 2.63. The molecule has 0 atom stereocenters. The molecule has 6 heteroatoms. The van der Waals surface area contributed by atoms with Crippen molar-refractivity contribution in [3.8, 4) is 23.0 Å². The Balaban J connectivity index is 1.75. The number of aryl methyl sites for hydroxylation is 1. The summed E-state index contributed by atoms with van der Waals surface area (Å²) in [5, 5.41) is 20.5. The third-order valence-corrected chi connectivity index (χ3v) is 3.78. The largest absolute Gasteiger partial charge is 0.502 e. The fourth-order valence-corrected chi connectivity index (χ4v) is 2.39. The number of hydrogen-bond acceptors (Lipinski definition) is 5. The third kappa shape index (κ3) is 4.10. The number of nitro benzene ring substituents is 1. The van der Waals surface area contributed by atoms with E-state index in [2.05, 4.69) is 0 Å². The fraction of sp³-hybridized carbons (Fsp3) is 0.100. The van der Waals surface area contributed by atoms with E-state index in [1.807, 2.05) is 43.3 Å². The Hall–Kier alpha value is -3.54. The van der Waals surface area contributed by atoms with Crippen molar-refractivity contribution >= 4 is 5.69 Å². The van der Waals surface area contributed by atoms with Crippen LogP contribution in [0.2, 0.25) is 0 Å². The molecule has 3 aromatic carbocycles. The quantitative estimate of drug-likeness (QED) is 0.500. The van der Waals surface area contributed by atoms with E-state index in [0.29, 0.717) is 23.9 Å². The first kappa shape index (κ1) is 17.3. The van der Waals surface area contributed by atoms with Gasteiger partial charge in [-0.2, -0.15) is 0 Å². The van der Waals surface area contributed by atoms with Crippen molar-refractivity contribution < 1.29 is 19.5 Å². The molecule has 0 saturated carbocycles. The van der Waals surface area contributed by atoms with E-state index in [1.165, 1.54) is 18.2 Å². The molecule has 0 spiro atoms. The van der Waals surface area contributed by atoms with Crippen molar-refractivity contribution in [3.05, 3.63) is 88.0 Å². The predicted molar refractivity (Wildman–Crippen MR) is 96.8 cm³/mol. The summed E-state index contributed by atoms with van der Waals surface area (Å²) in [6.45, 7) is 2.37. The van der Waals surface area contributed by atoms with Gasteiger partial charge in [0.05, 0.1) is 4.92 Å². The number of phenols is 1. The molecule has 0 fully saturated rings. The lowest BCUT2D eigenvalue weighted by molar-refractivity contribution is -0.385. The van der Waals surface area contributed by atoms with Gasteiger partial charge in [-0.15, -0.1) is 0 Å². The number of phenolic OH excluding ortho intramolecular Hbond substituents is 1. The summed E-state index contributed by atoms with van der Waals surface area (Å²) >= 11 is 0. The summed E-state index contributed by atoms with van der Waals surface area (Å²) in [5.41, 5.74) is 1.64. The van der Waals surface area contributed by atoms with Gasteiger partial charge in [-0.05, 0) is 30.2 Å². The van der Waals surface area contributed by atoms with Crippen LogP contribution in [0, 0.1) is 17.0 Å². The number of aromatic hydroxyl groups is 1. The molecule has 0 aliphatic heterocycles. The summed E-state index contributed by atoms with van der Waals surface area (Å²) in [5.74, 6) is 1.04. The van der Waals surface area contributed by atoms with Gasteiger partial charge in [-0.25, -0.2) is 0 Å². The maximum Gasteiger partial charge on any atom is 0.310 e. The minimum Gasteiger partial charge on any atom is -0.502 e. The predicted octanol–water partition coefficient (Wildman–Crippen LogP) is 4.98. The molecule has 3 rings (SSSR count). The molecule has 0 heterocycles. The molecule has 132 valence electrons. The van der Waals surface area contributed by atoms with Crippen LogP contribution in [0.5, 0.6) is 23.0 Å². The van der Waals surface area contributed by atoms with Crippen LogP contribution in [-0.2, 0) is 6.61 Å². The fourth-order valence-electron chi connectivity index (χ4n) is 2.39. The number of nitro groups is 1. The zero-order chi connectivity index (χ0) is 18.5. The molecule has 0 radical (unpaired) electrons. The lowest BCUT2D eigenvalue weighted by Crippen LogP contribution is -1.97. The summed E-state index contributed by atoms with van der Waals surface area (Å²) < 4.78 is 11.5. The van der Waals surface area contributed by atoms with Crippen LogP contribution in [0.25, 0.3) is 0 Å². The first-order valence-electron chi connectivity index (χ1n) is 7.95. The Labute approximate surface area is 150 Å². The molecule has 0 amide bonds. The highest BCUT2D eigenvalue weighted by Crippen LogP contribution is 2.33. The van der Waals surface area contributed by atoms with E-state index in [1.54, 1.807) is 12.1 Å². The van der Waals surface area contributed by atoms with E-state index in [9.17, 15) is 15.2 Å². The minimum atomic E-state index is -0.652. The second kappa shape index (κ2) is 7.57. The molecule has 0 saturated heterocycles. The van der Waals surface area contributed by atoms with E-state index < -0.39 is 10.7 Å². The van der Waals surface area contributed by atoms with Gasteiger partial charge in [-0.3, -0.25) is 10.1 Å². The van der Waals surface area contributed by atoms with E-state index >= 15 is 0 Å². The maximum absolute atomic E-state index is 10.8. The number of ether oxygens (including phenoxy) is 2. The van der Waals surface area contributed by atoms with Crippen molar-refractivity contribution in [3.63, 3.8) is 0 Å². The molecule has 0 aromatic heterocycles. The molecule has 0 aliphatic rings. The number of hydrogen-bond donors (Lipinski definition) is 1. The number of nitrogens with zero attached hydrogens (tertiary/aromatic N) is 1. The van der Waals surface area contributed by atoms with Crippen LogP contribution in [0.3, 0.4) is 0 Å². The maximum atomic E-state index is 10.8. The third-order valence-electron chi connectivity index (χ3n) is 3.78. The first-order valence-corrected chi connectivity index (χ1v) is 7.95. The molecule has 6 nitrogen and oxygen atoms in total. The Bertz CT molecular complexity index is 925. The van der Waals surface area contributed by atoms with Gasteiger partial charge in [0.2, 0.25) is 0 Å². The first-order chi connectivity index (χ1) is 12.5. The van der Waals surface area contributed by atoms with Gasteiger partial charge in [0.25, 0.3) is 0 Å². The molecule has 3 aromatic rings. The Morgan fingerprint density at radius 2 is 1.69 bits per heavy atom. The molecule has 26 heavy (non-hydrogen) atoms. The van der Waals surface area contributed by atoms with Crippen molar-refractivity contribution in [2.24, 2.45) is 0 Å². The van der Waals surface area contributed by atoms with Crippen molar-refractivity contribution in [2.45, 2.75) is 13.5 Å². The van der Waals surface area contributed by atoms with Crippen LogP contribution in [0.4, 0.5) is 5.69 Å². The highest BCUT2D eigenvalue weighted by atomic mass is 16.6. The van der Waals surface area contributed by atoms with Crippen molar-refractivity contribution in [1.29, 1.82) is 0 Å². The van der Waals surface area contributed by atoms with Gasteiger partial charge in [0.15, 0.2) is 5.75 Å². The minimum absolute atomic E-state index is 0.297. The molecule has 1 N–H and O–H groups in total. The van der Waals surface area contributed by atoms with Gasteiger partial charge in [0, 0.05) is 18.2 Å². The number of rotatable bonds is 6. The smallest absolute Gasteiger partial charge is 0.310 e. The van der Waals surface area contributed by atoms with Crippen molar-refractivity contribution in [2.75, 3.05) is 0 Å². The molecule has 0 bridgehead atoms. The summed E-state index contributed by atoms with van der Waals surface area (Å²) in [6, 6.07) is 19.0. The van der Waals surface area contributed by atoms with E-state index in [4.69, 9.17) is 9.47 Å². The van der Waals surface area contributed by atoms with Gasteiger partial charge in [0.1, 0.15) is 23.9 Å². The summed E-state index contributed by atoms with van der Waals surface area (Å²) in [7, 11) is 0. The SMILES string of the molecule is Cc1ccc(Oc2ccc([N+](=O)[O-])c(O)c2)cc1OCc1ccccc1. The van der Waals surface area contributed by atoms with Gasteiger partial charge >= 0.3 is 5.69 Å². The van der Waals surface area contributed by atoms with E-state index in [-0.39, 0.29) is 5.69 Å². The zero-order valence-corrected chi connectivity index (χ0v) is 14.1. The molecular weight excluding hydrogens is 334 g/mol. The summed E-state index contributed by atoms with van der Waals surface area (Å²) in [4.78, 5) is 10.1. The summed E-state index contributed by atoms with van der Waals surface area (Å²) in [6.07, 6.45) is 0. The second-order valence-corrected chi connectivity index (χ2v) is 5.71. The Morgan fingerprint density at radius 3 is 2.38 bits per heavy atom. The lowest BCUT2D eigenvalue weighted by Gasteiger charge is -2.12. The second-order valence-electron chi connectivity index (χ2n) is 5.71. The normalized spacial score (nSPS) is 10.3. The van der Waals surface area contributed by atoms with Crippen LogP contribution in [-0.4, -0.2) is 10.0 Å². The van der Waals surface area contributed by atoms with Crippen LogP contribution >= 0.6 is 0 Å².